The van der Waals surface area contributed by atoms with E-state index in [-0.39, 0.29) is 5.97 Å². The maximum Gasteiger partial charge on any atom is 0.356 e. The molecule has 0 aliphatic heterocycles. The van der Waals surface area contributed by atoms with E-state index in [0.717, 1.165) is 5.92 Å². The zero-order valence-electron chi connectivity index (χ0n) is 9.32. The number of hydrogen-bond donors (Lipinski definition) is 1. The summed E-state index contributed by atoms with van der Waals surface area (Å²) in [5.41, 5.74) is 0.660. The van der Waals surface area contributed by atoms with Crippen molar-refractivity contribution in [2.75, 3.05) is 5.32 Å². The normalized spacial score (nSPS) is 9.38. The molecule has 1 aromatic rings. The van der Waals surface area contributed by atoms with E-state index in [2.05, 4.69) is 5.32 Å². The highest BCUT2D eigenvalue weighted by atomic mass is 16.5. The van der Waals surface area contributed by atoms with Crippen LogP contribution in [0.4, 0.5) is 5.69 Å². The molecule has 0 aliphatic carbocycles. The van der Waals surface area contributed by atoms with Crippen LogP contribution in [0.15, 0.2) is 24.3 Å². The Morgan fingerprint density at radius 1 is 1.38 bits per heavy atom. The second-order valence-electron chi connectivity index (χ2n) is 3.64. The molecule has 0 spiro atoms. The molecule has 16 heavy (non-hydrogen) atoms. The highest BCUT2D eigenvalue weighted by Crippen LogP contribution is 2.16. The van der Waals surface area contributed by atoms with Gasteiger partial charge in [-0.05, 0) is 24.3 Å². The minimum absolute atomic E-state index is 0.281. The largest absolute Gasteiger partial charge is 0.423 e. The van der Waals surface area contributed by atoms with Gasteiger partial charge in [0.25, 0.3) is 0 Å². The van der Waals surface area contributed by atoms with Crippen molar-refractivity contribution in [3.05, 3.63) is 30.2 Å². The van der Waals surface area contributed by atoms with Crippen LogP contribution in [-0.4, -0.2) is 12.4 Å². The number of nitrogens with one attached hydrogen (secondary N) is 1. The zero-order chi connectivity index (χ0) is 12.0. The van der Waals surface area contributed by atoms with E-state index in [4.69, 9.17) is 4.74 Å². The minimum atomic E-state index is -0.281. The fourth-order valence-electron chi connectivity index (χ4n) is 1.14. The summed E-state index contributed by atoms with van der Waals surface area (Å²) in [4.78, 5) is 21.5. The Kier molecular flexibility index (Phi) is 4.39. The second kappa shape index (κ2) is 5.80. The van der Waals surface area contributed by atoms with E-state index in [1.165, 1.54) is 0 Å². The monoisotopic (exact) mass is 220 g/mol. The molecule has 1 rings (SSSR count). The fourth-order valence-corrected chi connectivity index (χ4v) is 1.14. The Bertz CT molecular complexity index is 357. The smallest absolute Gasteiger partial charge is 0.356 e. The van der Waals surface area contributed by atoms with Crippen LogP contribution >= 0.6 is 0 Å². The van der Waals surface area contributed by atoms with Crippen molar-refractivity contribution in [2.45, 2.75) is 20.3 Å². The van der Waals surface area contributed by atoms with Crippen molar-refractivity contribution in [1.29, 1.82) is 0 Å². The molecule has 0 fully saturated rings. The van der Waals surface area contributed by atoms with Crippen LogP contribution in [0.1, 0.15) is 20.3 Å². The predicted molar refractivity (Wildman–Crippen MR) is 61.0 cm³/mol. The molecule has 1 aromatic carbocycles. The van der Waals surface area contributed by atoms with Gasteiger partial charge < -0.3 is 10.1 Å². The van der Waals surface area contributed by atoms with Gasteiger partial charge in [0.15, 0.2) is 6.42 Å². The van der Waals surface area contributed by atoms with Crippen LogP contribution in [0.2, 0.25) is 0 Å². The van der Waals surface area contributed by atoms with E-state index in [1.807, 2.05) is 13.8 Å². The molecule has 84 valence electrons. The Morgan fingerprint density at radius 2 is 2.00 bits per heavy atom. The molecule has 0 saturated carbocycles. The molecule has 0 radical (unpaired) electrons. The quantitative estimate of drug-likeness (QED) is 0.358. The van der Waals surface area contributed by atoms with Crippen LogP contribution < -0.4 is 10.1 Å². The third-order valence-electron chi connectivity index (χ3n) is 1.81. The Labute approximate surface area is 94.6 Å². The summed E-state index contributed by atoms with van der Waals surface area (Å²) in [5.74, 6) is 1.20. The number of carbonyl (C=O) groups excluding carboxylic acids is 2. The lowest BCUT2D eigenvalue weighted by molar-refractivity contribution is -0.134. The highest BCUT2D eigenvalue weighted by molar-refractivity contribution is 5.75. The lowest BCUT2D eigenvalue weighted by Gasteiger charge is -2.03. The van der Waals surface area contributed by atoms with Gasteiger partial charge in [-0.1, -0.05) is 0 Å². The Hall–Kier alpha value is -1.97. The topological polar surface area (TPSA) is 55.4 Å². The summed E-state index contributed by atoms with van der Waals surface area (Å²) < 4.78 is 5.08. The van der Waals surface area contributed by atoms with E-state index in [9.17, 15) is 9.59 Å². The number of ether oxygens (including phenoxy) is 1. The van der Waals surface area contributed by atoms with Crippen molar-refractivity contribution >= 4 is 18.1 Å². The van der Waals surface area contributed by atoms with E-state index in [0.29, 0.717) is 24.3 Å². The summed E-state index contributed by atoms with van der Waals surface area (Å²) in [6.45, 7) is 3.75. The first-order valence-corrected chi connectivity index (χ1v) is 4.92. The molecule has 0 bridgehead atoms. The minimum Gasteiger partial charge on any atom is -0.423 e. The van der Waals surface area contributed by atoms with Crippen molar-refractivity contribution in [1.82, 2.24) is 0 Å². The lowest BCUT2D eigenvalue weighted by Crippen LogP contribution is -2.09. The summed E-state index contributed by atoms with van der Waals surface area (Å²) in [7, 11) is 0. The van der Waals surface area contributed by atoms with Gasteiger partial charge in [-0.3, -0.25) is 4.79 Å². The Balaban J connectivity index is 2.54. The average Bonchev–Trinajstić information content (AvgIpc) is 2.20. The van der Waals surface area contributed by atoms with E-state index >= 15 is 0 Å². The maximum atomic E-state index is 11.3. The number of rotatable bonds is 5. The number of amides is 1. The maximum absolute atomic E-state index is 11.3. The zero-order valence-corrected chi connectivity index (χ0v) is 9.32. The highest BCUT2D eigenvalue weighted by Gasteiger charge is 2.14. The van der Waals surface area contributed by atoms with E-state index < -0.39 is 0 Å². The van der Waals surface area contributed by atoms with Crippen LogP contribution in [0, 0.1) is 5.92 Å². The van der Waals surface area contributed by atoms with Gasteiger partial charge in [0.05, 0.1) is 19.8 Å². The van der Waals surface area contributed by atoms with Gasteiger partial charge in [0.2, 0.25) is 6.41 Å². The molecule has 1 amide bonds. The third-order valence-corrected chi connectivity index (χ3v) is 1.81. The van der Waals surface area contributed by atoms with Gasteiger partial charge in [0, 0.05) is 5.69 Å². The summed E-state index contributed by atoms with van der Waals surface area (Å²) in [5, 5.41) is 2.50. The van der Waals surface area contributed by atoms with Crippen LogP contribution in [-0.2, 0) is 9.59 Å². The van der Waals surface area contributed by atoms with Crippen molar-refractivity contribution in [2.24, 2.45) is 0 Å². The van der Waals surface area contributed by atoms with Crippen molar-refractivity contribution < 1.29 is 14.3 Å². The van der Waals surface area contributed by atoms with E-state index in [1.54, 1.807) is 24.3 Å². The molecule has 1 N–H and O–H groups in total. The predicted octanol–water partition coefficient (Wildman–Crippen LogP) is 2.16. The first-order chi connectivity index (χ1) is 7.61. The van der Waals surface area contributed by atoms with Crippen LogP contribution in [0.25, 0.3) is 0 Å². The molecule has 4 nitrogen and oxygen atoms in total. The van der Waals surface area contributed by atoms with Gasteiger partial charge in [-0.25, -0.2) is 4.79 Å². The molecule has 4 heteroatoms. The average molecular weight is 220 g/mol. The van der Waals surface area contributed by atoms with Gasteiger partial charge in [-0.15, -0.1) is 0 Å². The summed E-state index contributed by atoms with van der Waals surface area (Å²) in [6.07, 6.45) is 0.907. The number of esters is 1. The SMILES string of the molecule is C[C+](C)CC(=O)Oc1ccc(NC=O)cc1. The summed E-state index contributed by atoms with van der Waals surface area (Å²) >= 11 is 0. The molecule has 0 aromatic heterocycles. The lowest BCUT2D eigenvalue weighted by atomic mass is 10.1. The molecular weight excluding hydrogens is 206 g/mol. The Morgan fingerprint density at radius 3 is 2.50 bits per heavy atom. The number of carbonyl (C=O) groups is 2. The number of hydrogen-bond acceptors (Lipinski definition) is 3. The second-order valence-corrected chi connectivity index (χ2v) is 3.64. The van der Waals surface area contributed by atoms with Gasteiger partial charge in [0.1, 0.15) is 5.75 Å². The first-order valence-electron chi connectivity index (χ1n) is 4.92. The molecule has 0 heterocycles. The third kappa shape index (κ3) is 4.04. The number of anilines is 1. The first kappa shape index (κ1) is 12.1. The van der Waals surface area contributed by atoms with Gasteiger partial charge in [-0.2, -0.15) is 0 Å². The van der Waals surface area contributed by atoms with Crippen molar-refractivity contribution in [3.8, 4) is 5.75 Å². The fraction of sp³-hybridized carbons (Fsp3) is 0.250. The number of benzene rings is 1. The molecule has 0 aliphatic rings. The van der Waals surface area contributed by atoms with Crippen LogP contribution in [0.3, 0.4) is 0 Å². The standard InChI is InChI=1S/C12H13NO3/c1-9(2)7-12(15)16-11-5-3-10(4-6-11)13-8-14/h3-6,8H,7H2,1-2H3/p+1. The summed E-state index contributed by atoms with van der Waals surface area (Å²) in [6, 6.07) is 6.60. The van der Waals surface area contributed by atoms with Crippen LogP contribution in [0.5, 0.6) is 5.75 Å². The molecule has 0 saturated heterocycles. The van der Waals surface area contributed by atoms with Crippen molar-refractivity contribution in [3.63, 3.8) is 0 Å². The molecule has 0 unspecified atom stereocenters. The van der Waals surface area contributed by atoms with Gasteiger partial charge >= 0.3 is 5.97 Å². The molecule has 0 atom stereocenters. The molecular formula is C12H14NO3+.